The summed E-state index contributed by atoms with van der Waals surface area (Å²) in [7, 11) is 0. The van der Waals surface area contributed by atoms with Crippen LogP contribution in [0.5, 0.6) is 6.01 Å². The molecule has 0 saturated carbocycles. The molecule has 2 aliphatic heterocycles. The maximum absolute atomic E-state index is 6.01. The molecule has 0 aliphatic carbocycles. The summed E-state index contributed by atoms with van der Waals surface area (Å²) in [4.78, 5) is 15.6. The Morgan fingerprint density at radius 3 is 2.65 bits per heavy atom. The number of morpholine rings is 1. The van der Waals surface area contributed by atoms with E-state index in [0.29, 0.717) is 19.2 Å². The monoisotopic (exact) mass is 316 g/mol. The van der Waals surface area contributed by atoms with Crippen molar-refractivity contribution in [2.45, 2.75) is 18.9 Å². The van der Waals surface area contributed by atoms with Crippen LogP contribution in [0.1, 0.15) is 12.8 Å². The van der Waals surface area contributed by atoms with Gasteiger partial charge in [-0.3, -0.25) is 4.98 Å². The minimum atomic E-state index is 0.121. The lowest BCUT2D eigenvalue weighted by Crippen LogP contribution is -2.37. The molecule has 2 aliphatic rings. The minimum absolute atomic E-state index is 0.121. The summed E-state index contributed by atoms with van der Waals surface area (Å²) < 4.78 is 16.8. The summed E-state index contributed by atoms with van der Waals surface area (Å²) >= 11 is 0. The quantitative estimate of drug-likeness (QED) is 0.848. The predicted molar refractivity (Wildman–Crippen MR) is 84.8 cm³/mol. The van der Waals surface area contributed by atoms with Gasteiger partial charge < -0.3 is 19.1 Å². The third kappa shape index (κ3) is 3.20. The molecule has 23 heavy (non-hydrogen) atoms. The molecule has 0 aromatic carbocycles. The van der Waals surface area contributed by atoms with Gasteiger partial charge in [-0.15, -0.1) is 0 Å². The Morgan fingerprint density at radius 1 is 1.04 bits per heavy atom. The number of anilines is 1. The van der Waals surface area contributed by atoms with E-state index in [1.165, 1.54) is 0 Å². The molecule has 2 fully saturated rings. The normalized spacial score (nSPS) is 19.9. The van der Waals surface area contributed by atoms with Crippen LogP contribution in [-0.4, -0.2) is 60.6 Å². The molecule has 0 radical (unpaired) electrons. The highest BCUT2D eigenvalue weighted by molar-refractivity contribution is 5.89. The van der Waals surface area contributed by atoms with Crippen molar-refractivity contribution in [2.75, 3.05) is 44.4 Å². The van der Waals surface area contributed by atoms with Gasteiger partial charge in [0.1, 0.15) is 11.9 Å². The first-order chi connectivity index (χ1) is 11.4. The molecule has 4 heterocycles. The average Bonchev–Trinajstić information content (AvgIpc) is 2.63. The van der Waals surface area contributed by atoms with E-state index >= 15 is 0 Å². The van der Waals surface area contributed by atoms with Crippen LogP contribution in [0.25, 0.3) is 10.9 Å². The van der Waals surface area contributed by atoms with E-state index < -0.39 is 0 Å². The van der Waals surface area contributed by atoms with Crippen LogP contribution in [0.15, 0.2) is 18.5 Å². The highest BCUT2D eigenvalue weighted by Crippen LogP contribution is 2.27. The van der Waals surface area contributed by atoms with E-state index in [1.807, 2.05) is 6.07 Å². The van der Waals surface area contributed by atoms with E-state index in [0.717, 1.165) is 55.9 Å². The number of rotatable bonds is 3. The van der Waals surface area contributed by atoms with Gasteiger partial charge >= 0.3 is 6.01 Å². The molecule has 0 bridgehead atoms. The summed E-state index contributed by atoms with van der Waals surface area (Å²) in [5.41, 5.74) is 0.811. The Hall–Kier alpha value is -1.99. The lowest BCUT2D eigenvalue weighted by Gasteiger charge is -2.29. The number of pyridine rings is 1. The van der Waals surface area contributed by atoms with E-state index in [2.05, 4.69) is 19.9 Å². The molecular formula is C16H20N4O3. The van der Waals surface area contributed by atoms with E-state index in [-0.39, 0.29) is 6.10 Å². The van der Waals surface area contributed by atoms with Gasteiger partial charge in [0.05, 0.1) is 38.1 Å². The summed E-state index contributed by atoms with van der Waals surface area (Å²) in [5.74, 6) is 0.905. The number of hydrogen-bond donors (Lipinski definition) is 0. The van der Waals surface area contributed by atoms with Gasteiger partial charge in [0.25, 0.3) is 0 Å². The zero-order chi connectivity index (χ0) is 15.5. The first kappa shape index (κ1) is 14.6. The smallest absolute Gasteiger partial charge is 0.319 e. The standard InChI is InChI=1S/C16H20N4O3/c1-4-17-11-14-13(1)15(20-5-9-22-10-6-20)19-16(18-14)23-12-2-7-21-8-3-12/h1,4,11-12H,2-3,5-10H2. The van der Waals surface area contributed by atoms with Gasteiger partial charge in [0, 0.05) is 37.5 Å². The molecule has 0 unspecified atom stereocenters. The van der Waals surface area contributed by atoms with Gasteiger partial charge in [-0.2, -0.15) is 9.97 Å². The molecule has 4 rings (SSSR count). The van der Waals surface area contributed by atoms with E-state index in [1.54, 1.807) is 12.4 Å². The molecule has 7 heteroatoms. The van der Waals surface area contributed by atoms with Crippen molar-refractivity contribution < 1.29 is 14.2 Å². The number of aromatic nitrogens is 3. The molecule has 2 aromatic heterocycles. The third-order valence-electron chi connectivity index (χ3n) is 4.21. The van der Waals surface area contributed by atoms with Gasteiger partial charge in [-0.05, 0) is 6.07 Å². The van der Waals surface area contributed by atoms with Crippen molar-refractivity contribution in [3.8, 4) is 6.01 Å². The van der Waals surface area contributed by atoms with E-state index in [4.69, 9.17) is 14.2 Å². The van der Waals surface area contributed by atoms with Crippen LogP contribution in [0.3, 0.4) is 0 Å². The van der Waals surface area contributed by atoms with Crippen molar-refractivity contribution in [3.63, 3.8) is 0 Å². The predicted octanol–water partition coefficient (Wildman–Crippen LogP) is 1.42. The van der Waals surface area contributed by atoms with Crippen molar-refractivity contribution in [2.24, 2.45) is 0 Å². The highest BCUT2D eigenvalue weighted by atomic mass is 16.5. The summed E-state index contributed by atoms with van der Waals surface area (Å²) in [6.07, 6.45) is 5.41. The molecule has 2 saturated heterocycles. The molecule has 0 spiro atoms. The second-order valence-electron chi connectivity index (χ2n) is 5.75. The fraction of sp³-hybridized carbons (Fsp3) is 0.562. The van der Waals surface area contributed by atoms with Gasteiger partial charge in [-0.25, -0.2) is 0 Å². The zero-order valence-electron chi connectivity index (χ0n) is 13.0. The fourth-order valence-corrected chi connectivity index (χ4v) is 2.95. The summed E-state index contributed by atoms with van der Waals surface area (Å²) in [6, 6.07) is 2.39. The molecule has 122 valence electrons. The van der Waals surface area contributed by atoms with Gasteiger partial charge in [0.15, 0.2) is 0 Å². The topological polar surface area (TPSA) is 69.6 Å². The van der Waals surface area contributed by atoms with Crippen LogP contribution >= 0.6 is 0 Å². The Balaban J connectivity index is 1.67. The number of hydrogen-bond acceptors (Lipinski definition) is 7. The largest absolute Gasteiger partial charge is 0.460 e. The van der Waals surface area contributed by atoms with Crippen molar-refractivity contribution >= 4 is 16.7 Å². The molecule has 7 nitrogen and oxygen atoms in total. The lowest BCUT2D eigenvalue weighted by molar-refractivity contribution is 0.0219. The van der Waals surface area contributed by atoms with Crippen molar-refractivity contribution in [3.05, 3.63) is 18.5 Å². The SMILES string of the molecule is c1cc2c(N3CCOCC3)nc(OC3CCOCC3)nc2cn1. The molecule has 2 aromatic rings. The van der Waals surface area contributed by atoms with E-state index in [9.17, 15) is 0 Å². The van der Waals surface area contributed by atoms with Crippen LogP contribution in [-0.2, 0) is 9.47 Å². The maximum atomic E-state index is 6.01. The first-order valence-corrected chi connectivity index (χ1v) is 8.09. The van der Waals surface area contributed by atoms with Crippen LogP contribution in [0.2, 0.25) is 0 Å². The summed E-state index contributed by atoms with van der Waals surface area (Å²) in [5, 5.41) is 1.00. The van der Waals surface area contributed by atoms with Gasteiger partial charge in [-0.1, -0.05) is 0 Å². The average molecular weight is 316 g/mol. The minimum Gasteiger partial charge on any atom is -0.460 e. The van der Waals surface area contributed by atoms with Crippen LogP contribution < -0.4 is 9.64 Å². The van der Waals surface area contributed by atoms with Crippen LogP contribution in [0, 0.1) is 0 Å². The Bertz CT molecular complexity index is 669. The lowest BCUT2D eigenvalue weighted by atomic mass is 10.2. The second kappa shape index (κ2) is 6.64. The number of nitrogens with zero attached hydrogens (tertiary/aromatic N) is 4. The van der Waals surface area contributed by atoms with Crippen molar-refractivity contribution in [1.82, 2.24) is 15.0 Å². The molecular weight excluding hydrogens is 296 g/mol. The molecule has 0 atom stereocenters. The second-order valence-corrected chi connectivity index (χ2v) is 5.75. The number of fused-ring (bicyclic) bond motifs is 1. The zero-order valence-corrected chi connectivity index (χ0v) is 13.0. The number of ether oxygens (including phenoxy) is 3. The van der Waals surface area contributed by atoms with Gasteiger partial charge in [0.2, 0.25) is 0 Å². The molecule has 0 N–H and O–H groups in total. The third-order valence-corrected chi connectivity index (χ3v) is 4.21. The maximum Gasteiger partial charge on any atom is 0.319 e. The Kier molecular flexibility index (Phi) is 4.21. The Morgan fingerprint density at radius 2 is 1.83 bits per heavy atom. The fourth-order valence-electron chi connectivity index (χ4n) is 2.95. The first-order valence-electron chi connectivity index (χ1n) is 8.09. The molecule has 0 amide bonds. The van der Waals surface area contributed by atoms with Crippen molar-refractivity contribution in [1.29, 1.82) is 0 Å². The highest BCUT2D eigenvalue weighted by Gasteiger charge is 2.21. The van der Waals surface area contributed by atoms with Crippen LogP contribution in [0.4, 0.5) is 5.82 Å². The Labute approximate surface area is 134 Å². The summed E-state index contributed by atoms with van der Waals surface area (Å²) in [6.45, 7) is 4.54.